The van der Waals surface area contributed by atoms with E-state index in [0.717, 1.165) is 83.5 Å². The molecule has 0 aliphatic rings. The molecule has 0 saturated carbocycles. The van der Waals surface area contributed by atoms with E-state index in [-0.39, 0.29) is 25.2 Å². The van der Waals surface area contributed by atoms with Crippen LogP contribution in [0.4, 0.5) is 0 Å². The van der Waals surface area contributed by atoms with Crippen molar-refractivity contribution in [2.24, 2.45) is 0 Å². The normalized spacial score (nSPS) is 12.6. The predicted octanol–water partition coefficient (Wildman–Crippen LogP) is 28.3. The molecular weight excluding hydrogens is 1100 g/mol. The quantitative estimate of drug-likeness (QED) is 0.0373. The van der Waals surface area contributed by atoms with Crippen LogP contribution < -0.4 is 0 Å². The predicted molar refractivity (Wildman–Crippen MR) is 399 cm³/mol. The van der Waals surface area contributed by atoms with E-state index in [1.807, 2.05) is 0 Å². The molecule has 524 valence electrons. The van der Waals surface area contributed by atoms with Crippen molar-refractivity contribution in [2.75, 3.05) is 13.2 Å². The largest absolute Gasteiger partial charge is 0.462 e. The molecule has 0 aliphatic heterocycles. The molecule has 0 saturated heterocycles. The summed E-state index contributed by atoms with van der Waals surface area (Å²) < 4.78 is 10.8. The van der Waals surface area contributed by atoms with Crippen molar-refractivity contribution in [1.82, 2.24) is 0 Å². The van der Waals surface area contributed by atoms with Crippen molar-refractivity contribution in [1.29, 1.82) is 0 Å². The molecular formula is C85H154O5. The third kappa shape index (κ3) is 77.5. The van der Waals surface area contributed by atoms with Gasteiger partial charge < -0.3 is 14.6 Å². The van der Waals surface area contributed by atoms with Crippen molar-refractivity contribution in [3.05, 3.63) is 85.1 Å². The van der Waals surface area contributed by atoms with Crippen molar-refractivity contribution >= 4 is 11.9 Å². The molecule has 0 aliphatic carbocycles. The molecule has 1 N–H and O–H groups in total. The molecule has 0 spiro atoms. The van der Waals surface area contributed by atoms with Gasteiger partial charge in [-0.2, -0.15) is 0 Å². The summed E-state index contributed by atoms with van der Waals surface area (Å²) >= 11 is 0. The Morgan fingerprint density at radius 1 is 0.267 bits per heavy atom. The highest BCUT2D eigenvalue weighted by molar-refractivity contribution is 5.70. The summed E-state index contributed by atoms with van der Waals surface area (Å²) in [5.41, 5.74) is 0. The monoisotopic (exact) mass is 1260 g/mol. The minimum atomic E-state index is -0.777. The first-order valence-corrected chi connectivity index (χ1v) is 40.1. The van der Waals surface area contributed by atoms with E-state index in [1.165, 1.54) is 315 Å². The topological polar surface area (TPSA) is 72.8 Å². The maximum atomic E-state index is 12.4. The fourth-order valence-corrected chi connectivity index (χ4v) is 12.3. The summed E-state index contributed by atoms with van der Waals surface area (Å²) in [6, 6.07) is 0. The second kappa shape index (κ2) is 80.3. The zero-order chi connectivity index (χ0) is 64.7. The van der Waals surface area contributed by atoms with Gasteiger partial charge in [-0.05, 0) is 70.6 Å². The summed E-state index contributed by atoms with van der Waals surface area (Å²) in [6.07, 6.45) is 114. The lowest BCUT2D eigenvalue weighted by molar-refractivity contribution is -0.161. The van der Waals surface area contributed by atoms with Crippen LogP contribution >= 0.6 is 0 Å². The number of aliphatic hydroxyl groups excluding tert-OH is 1. The number of hydrogen-bond donors (Lipinski definition) is 1. The molecule has 1 atom stereocenters. The number of aliphatic hydroxyl groups is 1. The first-order valence-electron chi connectivity index (χ1n) is 40.1. The highest BCUT2D eigenvalue weighted by Crippen LogP contribution is 2.20. The van der Waals surface area contributed by atoms with E-state index in [2.05, 4.69) is 98.9 Å². The van der Waals surface area contributed by atoms with Gasteiger partial charge in [-0.15, -0.1) is 0 Å². The average molecular weight is 1260 g/mol. The minimum Gasteiger partial charge on any atom is -0.462 e. The molecule has 1 unspecified atom stereocenters. The zero-order valence-electron chi connectivity index (χ0n) is 60.4. The summed E-state index contributed by atoms with van der Waals surface area (Å²) in [5.74, 6) is -0.574. The summed E-state index contributed by atoms with van der Waals surface area (Å²) in [4.78, 5) is 24.7. The van der Waals surface area contributed by atoms with Gasteiger partial charge in [0, 0.05) is 12.8 Å². The lowest BCUT2D eigenvalue weighted by Crippen LogP contribution is -2.28. The molecule has 0 aromatic carbocycles. The van der Waals surface area contributed by atoms with E-state index in [4.69, 9.17) is 9.47 Å². The minimum absolute atomic E-state index is 0.0642. The number of carbonyl (C=O) groups excluding carboxylic acids is 2. The van der Waals surface area contributed by atoms with Gasteiger partial charge in [0.1, 0.15) is 6.61 Å². The maximum absolute atomic E-state index is 12.4. The van der Waals surface area contributed by atoms with Crippen LogP contribution in [0.25, 0.3) is 0 Å². The Hall–Kier alpha value is -2.92. The highest BCUT2D eigenvalue weighted by atomic mass is 16.6. The van der Waals surface area contributed by atoms with Crippen molar-refractivity contribution in [3.63, 3.8) is 0 Å². The van der Waals surface area contributed by atoms with Crippen LogP contribution in [-0.2, 0) is 19.1 Å². The zero-order valence-corrected chi connectivity index (χ0v) is 60.4. The maximum Gasteiger partial charge on any atom is 0.306 e. The fourth-order valence-electron chi connectivity index (χ4n) is 12.3. The van der Waals surface area contributed by atoms with E-state index >= 15 is 0 Å². The van der Waals surface area contributed by atoms with Crippen molar-refractivity contribution in [3.8, 4) is 0 Å². The molecule has 90 heavy (non-hydrogen) atoms. The Balaban J connectivity index is 3.40. The second-order valence-electron chi connectivity index (χ2n) is 27.1. The molecule has 5 heteroatoms. The molecule has 0 rings (SSSR count). The SMILES string of the molecule is CC/C=C\C/C=C\C/C=C\C/C=C\C/C=C\C/C=C\C/C=C\CCCCCCCCCCCCCCCC(=O)OC(CO)COC(=O)CCCCCCCCCCCCCCCCCCCCCCCCCCCCCCCCCCCCCCCCCCC. The van der Waals surface area contributed by atoms with Crippen LogP contribution in [0.3, 0.4) is 0 Å². The Morgan fingerprint density at radius 2 is 0.478 bits per heavy atom. The fraction of sp³-hybridized carbons (Fsp3) is 0.812. The number of rotatable bonds is 75. The van der Waals surface area contributed by atoms with E-state index in [1.54, 1.807) is 0 Å². The van der Waals surface area contributed by atoms with Gasteiger partial charge in [-0.1, -0.05) is 426 Å². The molecule has 5 nitrogen and oxygen atoms in total. The number of unbranched alkanes of at least 4 members (excludes halogenated alkanes) is 53. The lowest BCUT2D eigenvalue weighted by Gasteiger charge is -2.15. The van der Waals surface area contributed by atoms with Crippen molar-refractivity contribution < 1.29 is 24.2 Å². The third-order valence-corrected chi connectivity index (χ3v) is 18.2. The Labute approximate surface area is 562 Å². The molecule has 0 fully saturated rings. The van der Waals surface area contributed by atoms with Gasteiger partial charge >= 0.3 is 11.9 Å². The van der Waals surface area contributed by atoms with Gasteiger partial charge in [-0.3, -0.25) is 9.59 Å². The van der Waals surface area contributed by atoms with E-state index in [9.17, 15) is 14.7 Å². The number of esters is 2. The summed E-state index contributed by atoms with van der Waals surface area (Å²) in [7, 11) is 0. The van der Waals surface area contributed by atoms with Crippen LogP contribution in [0.2, 0.25) is 0 Å². The number of ether oxygens (including phenoxy) is 2. The van der Waals surface area contributed by atoms with Crippen LogP contribution in [0.5, 0.6) is 0 Å². The molecule has 0 aromatic rings. The molecule has 0 amide bonds. The van der Waals surface area contributed by atoms with Gasteiger partial charge in [0.05, 0.1) is 6.61 Å². The summed E-state index contributed by atoms with van der Waals surface area (Å²) in [6.45, 7) is 4.08. The highest BCUT2D eigenvalue weighted by Gasteiger charge is 2.16. The second-order valence-corrected chi connectivity index (χ2v) is 27.1. The number of allylic oxidation sites excluding steroid dienone is 14. The standard InChI is InChI=1S/C85H154O5/c1-3-5-7-9-11-13-15-17-19-21-23-25-27-29-31-33-35-37-39-40-41-42-43-44-46-47-49-51-53-55-57-59-61-63-65-67-69-71-73-75-77-79-84(87)89-82-83(81-86)90-85(88)80-78-76-74-72-70-68-66-64-62-60-58-56-54-52-50-48-45-38-36-34-32-30-28-26-24-22-20-18-16-14-12-10-8-6-4-2/h6,8,12,14,18,20,24,26,30,32,36,38,48,50,83,86H,3-5,7,9-11,13,15-17,19,21-23,25,27-29,31,33-35,37,39-47,49,51-82H2,1-2H3/b8-6-,14-12-,20-18-,26-24-,32-30-,38-36-,50-48-. The molecule has 0 heterocycles. The van der Waals surface area contributed by atoms with Crippen LogP contribution in [0.1, 0.15) is 425 Å². The number of hydrogen-bond acceptors (Lipinski definition) is 5. The van der Waals surface area contributed by atoms with Gasteiger partial charge in [-0.25, -0.2) is 0 Å². The van der Waals surface area contributed by atoms with E-state index in [0.29, 0.717) is 12.8 Å². The first-order chi connectivity index (χ1) is 44.6. The van der Waals surface area contributed by atoms with Crippen LogP contribution in [0.15, 0.2) is 85.1 Å². The Bertz CT molecular complexity index is 1620. The number of carbonyl (C=O) groups is 2. The van der Waals surface area contributed by atoms with Crippen LogP contribution in [-0.4, -0.2) is 36.4 Å². The Kier molecular flexibility index (Phi) is 77.7. The Morgan fingerprint density at radius 3 is 0.722 bits per heavy atom. The van der Waals surface area contributed by atoms with Gasteiger partial charge in [0.25, 0.3) is 0 Å². The molecule has 0 aromatic heterocycles. The average Bonchev–Trinajstić information content (AvgIpc) is 3.58. The third-order valence-electron chi connectivity index (χ3n) is 18.2. The smallest absolute Gasteiger partial charge is 0.306 e. The van der Waals surface area contributed by atoms with Crippen LogP contribution in [0, 0.1) is 0 Å². The first kappa shape index (κ1) is 87.1. The van der Waals surface area contributed by atoms with Gasteiger partial charge in [0.15, 0.2) is 6.10 Å². The molecule has 0 bridgehead atoms. The molecule has 0 radical (unpaired) electrons. The van der Waals surface area contributed by atoms with Crippen molar-refractivity contribution in [2.45, 2.75) is 431 Å². The van der Waals surface area contributed by atoms with E-state index < -0.39 is 6.10 Å². The summed E-state index contributed by atoms with van der Waals surface area (Å²) in [5, 5.41) is 9.73. The van der Waals surface area contributed by atoms with Gasteiger partial charge in [0.2, 0.25) is 0 Å². The lowest BCUT2D eigenvalue weighted by atomic mass is 10.0.